The number of nitrogens with zero attached hydrogens (tertiary/aromatic N) is 1. The summed E-state index contributed by atoms with van der Waals surface area (Å²) in [7, 11) is 0. The van der Waals surface area contributed by atoms with Gasteiger partial charge in [0.25, 0.3) is 0 Å². The normalized spacial score (nSPS) is 16.3. The third kappa shape index (κ3) is 5.92. The molecule has 0 spiro atoms. The zero-order valence-electron chi connectivity index (χ0n) is 16.1. The third-order valence-electron chi connectivity index (χ3n) is 5.20. The highest BCUT2D eigenvalue weighted by Crippen LogP contribution is 2.18. The van der Waals surface area contributed by atoms with Crippen LogP contribution in [0.1, 0.15) is 51.2 Å². The van der Waals surface area contributed by atoms with Crippen molar-refractivity contribution < 1.29 is 19.1 Å². The molecular weight excluding hydrogens is 349 g/mol. The highest BCUT2D eigenvalue weighted by atomic mass is 19.1. The van der Waals surface area contributed by atoms with Gasteiger partial charge in [-0.2, -0.15) is 0 Å². The Morgan fingerprint density at radius 1 is 1.22 bits per heavy atom. The first-order valence-corrected chi connectivity index (χ1v) is 9.71. The van der Waals surface area contributed by atoms with Crippen molar-refractivity contribution in [1.29, 1.82) is 0 Å². The van der Waals surface area contributed by atoms with Gasteiger partial charge >= 0.3 is 6.03 Å². The van der Waals surface area contributed by atoms with Crippen LogP contribution in [0.25, 0.3) is 0 Å². The molecule has 1 atom stereocenters. The second-order valence-corrected chi connectivity index (χ2v) is 7.00. The molecule has 0 saturated carbocycles. The van der Waals surface area contributed by atoms with Gasteiger partial charge in [-0.3, -0.25) is 4.79 Å². The molecule has 0 radical (unpaired) electrons. The van der Waals surface area contributed by atoms with E-state index in [0.29, 0.717) is 25.9 Å². The van der Waals surface area contributed by atoms with Crippen molar-refractivity contribution in [2.45, 2.75) is 51.7 Å². The lowest BCUT2D eigenvalue weighted by atomic mass is 9.98. The van der Waals surface area contributed by atoms with Gasteiger partial charge in [0.2, 0.25) is 5.91 Å². The van der Waals surface area contributed by atoms with Crippen LogP contribution in [0.3, 0.4) is 0 Å². The summed E-state index contributed by atoms with van der Waals surface area (Å²) in [5.41, 5.74) is 0.158. The molecule has 0 bridgehead atoms. The summed E-state index contributed by atoms with van der Waals surface area (Å²) < 4.78 is 13.6. The predicted octanol–water partition coefficient (Wildman–Crippen LogP) is 2.59. The van der Waals surface area contributed by atoms with Gasteiger partial charge in [-0.15, -0.1) is 0 Å². The minimum atomic E-state index is -1.10. The molecule has 1 aliphatic rings. The molecule has 1 aromatic carbocycles. The van der Waals surface area contributed by atoms with Gasteiger partial charge in [0.05, 0.1) is 6.10 Å². The van der Waals surface area contributed by atoms with Crippen LogP contribution in [0.4, 0.5) is 9.18 Å². The Bertz CT molecular complexity index is 629. The van der Waals surface area contributed by atoms with E-state index in [1.165, 1.54) is 12.1 Å². The van der Waals surface area contributed by atoms with Gasteiger partial charge in [-0.05, 0) is 31.7 Å². The van der Waals surface area contributed by atoms with Gasteiger partial charge in [-0.1, -0.05) is 32.0 Å². The molecule has 1 unspecified atom stereocenters. The fraction of sp³-hybridized carbons (Fsp3) is 0.600. The summed E-state index contributed by atoms with van der Waals surface area (Å²) in [6, 6.07) is 5.54. The molecule has 0 aliphatic carbocycles. The number of carbonyl (C=O) groups excluding carboxylic acids is 2. The molecule has 2 rings (SSSR count). The topological polar surface area (TPSA) is 81.7 Å². The third-order valence-corrected chi connectivity index (χ3v) is 5.20. The Morgan fingerprint density at radius 3 is 2.44 bits per heavy atom. The van der Waals surface area contributed by atoms with Crippen LogP contribution in [0.2, 0.25) is 0 Å². The van der Waals surface area contributed by atoms with Crippen molar-refractivity contribution in [1.82, 2.24) is 15.5 Å². The number of amides is 3. The van der Waals surface area contributed by atoms with E-state index in [4.69, 9.17) is 0 Å². The maximum Gasteiger partial charge on any atom is 0.315 e. The molecule has 1 fully saturated rings. The standard InChI is InChI=1S/C20H30FN3O3/c1-3-14(4-2)19(26)24-11-9-15(10-12-24)23-20(27)22-13-18(25)16-7-5-6-8-17(16)21/h5-8,14-15,18,25H,3-4,9-13H2,1-2H3,(H2,22,23,27). The average Bonchev–Trinajstić information content (AvgIpc) is 2.68. The number of piperidine rings is 1. The summed E-state index contributed by atoms with van der Waals surface area (Å²) in [5.74, 6) is -0.213. The predicted molar refractivity (Wildman–Crippen MR) is 102 cm³/mol. The van der Waals surface area contributed by atoms with Crippen LogP contribution in [-0.2, 0) is 4.79 Å². The molecule has 1 heterocycles. The Kier molecular flexibility index (Phi) is 8.03. The van der Waals surface area contributed by atoms with Crippen molar-refractivity contribution in [3.05, 3.63) is 35.6 Å². The monoisotopic (exact) mass is 379 g/mol. The van der Waals surface area contributed by atoms with E-state index in [1.54, 1.807) is 12.1 Å². The van der Waals surface area contributed by atoms with E-state index in [-0.39, 0.29) is 30.0 Å². The quantitative estimate of drug-likeness (QED) is 0.681. The maximum absolute atomic E-state index is 13.6. The summed E-state index contributed by atoms with van der Waals surface area (Å²) in [5, 5.41) is 15.5. The van der Waals surface area contributed by atoms with Crippen LogP contribution < -0.4 is 10.6 Å². The van der Waals surface area contributed by atoms with Gasteiger partial charge < -0.3 is 20.6 Å². The number of hydrogen-bond donors (Lipinski definition) is 3. The molecule has 0 aromatic heterocycles. The van der Waals surface area contributed by atoms with E-state index in [2.05, 4.69) is 10.6 Å². The van der Waals surface area contributed by atoms with Crippen LogP contribution in [0.15, 0.2) is 24.3 Å². The lowest BCUT2D eigenvalue weighted by Gasteiger charge is -2.34. The summed E-state index contributed by atoms with van der Waals surface area (Å²) in [6.45, 7) is 5.26. The molecule has 27 heavy (non-hydrogen) atoms. The number of aliphatic hydroxyl groups excluding tert-OH is 1. The number of carbonyl (C=O) groups is 2. The first-order chi connectivity index (χ1) is 13.0. The van der Waals surface area contributed by atoms with Gasteiger partial charge in [0.1, 0.15) is 5.82 Å². The SMILES string of the molecule is CCC(CC)C(=O)N1CCC(NC(=O)NCC(O)c2ccccc2F)CC1. The number of halogens is 1. The Morgan fingerprint density at radius 2 is 1.85 bits per heavy atom. The number of benzene rings is 1. The number of aliphatic hydroxyl groups is 1. The van der Waals surface area contributed by atoms with E-state index in [9.17, 15) is 19.1 Å². The summed E-state index contributed by atoms with van der Waals surface area (Å²) in [4.78, 5) is 26.3. The largest absolute Gasteiger partial charge is 0.386 e. The Labute approximate surface area is 160 Å². The van der Waals surface area contributed by atoms with Crippen LogP contribution in [-0.4, -0.2) is 47.6 Å². The molecule has 3 N–H and O–H groups in total. The van der Waals surface area contributed by atoms with Crippen molar-refractivity contribution in [2.24, 2.45) is 5.92 Å². The first kappa shape index (κ1) is 21.2. The number of nitrogens with one attached hydrogen (secondary N) is 2. The fourth-order valence-electron chi connectivity index (χ4n) is 3.42. The number of urea groups is 1. The van der Waals surface area contributed by atoms with E-state index in [1.807, 2.05) is 18.7 Å². The lowest BCUT2D eigenvalue weighted by Crippen LogP contribution is -2.50. The minimum Gasteiger partial charge on any atom is -0.386 e. The van der Waals surface area contributed by atoms with Gasteiger partial charge in [-0.25, -0.2) is 9.18 Å². The highest BCUT2D eigenvalue weighted by molar-refractivity contribution is 5.79. The van der Waals surface area contributed by atoms with Crippen molar-refractivity contribution in [2.75, 3.05) is 19.6 Å². The molecule has 150 valence electrons. The Hall–Kier alpha value is -2.15. The second-order valence-electron chi connectivity index (χ2n) is 7.00. The summed E-state index contributed by atoms with van der Waals surface area (Å²) in [6.07, 6.45) is 2.00. The van der Waals surface area contributed by atoms with E-state index >= 15 is 0 Å². The van der Waals surface area contributed by atoms with E-state index in [0.717, 1.165) is 12.8 Å². The summed E-state index contributed by atoms with van der Waals surface area (Å²) >= 11 is 0. The minimum absolute atomic E-state index is 0.0126. The van der Waals surface area contributed by atoms with Gasteiger partial charge in [0, 0.05) is 37.2 Å². The second kappa shape index (κ2) is 10.3. The smallest absolute Gasteiger partial charge is 0.315 e. The number of rotatable bonds is 7. The zero-order valence-corrected chi connectivity index (χ0v) is 16.1. The van der Waals surface area contributed by atoms with Crippen molar-refractivity contribution in [3.63, 3.8) is 0 Å². The fourth-order valence-corrected chi connectivity index (χ4v) is 3.42. The molecule has 7 heteroatoms. The lowest BCUT2D eigenvalue weighted by molar-refractivity contribution is -0.136. The first-order valence-electron chi connectivity index (χ1n) is 9.71. The Balaban J connectivity index is 1.73. The van der Waals surface area contributed by atoms with E-state index < -0.39 is 18.0 Å². The average molecular weight is 379 g/mol. The van der Waals surface area contributed by atoms with Crippen molar-refractivity contribution in [3.8, 4) is 0 Å². The van der Waals surface area contributed by atoms with Crippen LogP contribution >= 0.6 is 0 Å². The highest BCUT2D eigenvalue weighted by Gasteiger charge is 2.27. The molecule has 3 amide bonds. The van der Waals surface area contributed by atoms with Crippen LogP contribution in [0, 0.1) is 11.7 Å². The zero-order chi connectivity index (χ0) is 19.8. The maximum atomic E-state index is 13.6. The molecule has 1 saturated heterocycles. The molecule has 6 nitrogen and oxygen atoms in total. The molecular formula is C20H30FN3O3. The molecule has 1 aromatic rings. The molecule has 1 aliphatic heterocycles. The number of hydrogen-bond acceptors (Lipinski definition) is 3. The van der Waals surface area contributed by atoms with Crippen LogP contribution in [0.5, 0.6) is 0 Å². The van der Waals surface area contributed by atoms with Crippen molar-refractivity contribution >= 4 is 11.9 Å². The van der Waals surface area contributed by atoms with Gasteiger partial charge in [0.15, 0.2) is 0 Å². The number of likely N-dealkylation sites (tertiary alicyclic amines) is 1.